The largest absolute Gasteiger partial charge is 0.363 e. The van der Waals surface area contributed by atoms with Crippen molar-refractivity contribution in [1.82, 2.24) is 20.2 Å². The zero-order valence-electron chi connectivity index (χ0n) is 21.3. The van der Waals surface area contributed by atoms with Crippen molar-refractivity contribution >= 4 is 28.2 Å². The molecule has 0 radical (unpaired) electrons. The standard InChI is InChI=1S/C30H34ClN5O/c1-2-15-32-19-21-7-11-24(12-8-21)27-28(31)35-29(30(37)34-27)33-26-13-16-36(17-14-26)20-22-9-10-23-5-3-4-6-25(23)18-22/h3-12,18,26,32H,2,13-17,19-20H2,1H3,(H,33,35)(H,34,37). The van der Waals surface area contributed by atoms with E-state index >= 15 is 0 Å². The first kappa shape index (κ1) is 25.5. The Labute approximate surface area is 223 Å². The van der Waals surface area contributed by atoms with Crippen LogP contribution in [0.4, 0.5) is 5.82 Å². The second-order valence-electron chi connectivity index (χ2n) is 9.83. The molecule has 192 valence electrons. The van der Waals surface area contributed by atoms with Gasteiger partial charge in [-0.05, 0) is 53.8 Å². The molecule has 1 aliphatic heterocycles. The van der Waals surface area contributed by atoms with E-state index in [9.17, 15) is 4.79 Å². The van der Waals surface area contributed by atoms with Crippen LogP contribution < -0.4 is 16.2 Å². The number of rotatable bonds is 9. The van der Waals surface area contributed by atoms with Crippen LogP contribution in [-0.2, 0) is 13.1 Å². The molecular formula is C30H34ClN5O. The molecule has 3 aromatic carbocycles. The van der Waals surface area contributed by atoms with Crippen LogP contribution in [0, 0.1) is 0 Å². The zero-order valence-corrected chi connectivity index (χ0v) is 22.0. The summed E-state index contributed by atoms with van der Waals surface area (Å²) < 4.78 is 0. The van der Waals surface area contributed by atoms with Gasteiger partial charge in [-0.1, -0.05) is 79.2 Å². The van der Waals surface area contributed by atoms with Gasteiger partial charge in [0.05, 0.1) is 5.69 Å². The maximum absolute atomic E-state index is 12.8. The number of halogens is 1. The Morgan fingerprint density at radius 3 is 2.49 bits per heavy atom. The normalized spacial score (nSPS) is 14.8. The summed E-state index contributed by atoms with van der Waals surface area (Å²) in [7, 11) is 0. The molecular weight excluding hydrogens is 482 g/mol. The van der Waals surface area contributed by atoms with Crippen LogP contribution in [0.5, 0.6) is 0 Å². The molecule has 1 aromatic heterocycles. The van der Waals surface area contributed by atoms with Crippen molar-refractivity contribution in [2.75, 3.05) is 25.0 Å². The summed E-state index contributed by atoms with van der Waals surface area (Å²) >= 11 is 6.51. The van der Waals surface area contributed by atoms with Gasteiger partial charge in [-0.3, -0.25) is 9.69 Å². The van der Waals surface area contributed by atoms with Gasteiger partial charge in [0.1, 0.15) is 0 Å². The number of benzene rings is 3. The second kappa shape index (κ2) is 11.9. The summed E-state index contributed by atoms with van der Waals surface area (Å²) in [5.41, 5.74) is 3.68. The molecule has 37 heavy (non-hydrogen) atoms. The van der Waals surface area contributed by atoms with Gasteiger partial charge in [-0.25, -0.2) is 4.98 Å². The SMILES string of the molecule is CCCNCc1ccc(-c2[nH]c(=O)c(NC3CCN(Cc4ccc5ccccc5c4)CC3)nc2Cl)cc1. The van der Waals surface area contributed by atoms with Crippen molar-refractivity contribution in [2.24, 2.45) is 0 Å². The second-order valence-corrected chi connectivity index (χ2v) is 10.2. The monoisotopic (exact) mass is 515 g/mol. The maximum atomic E-state index is 12.8. The quantitative estimate of drug-likeness (QED) is 0.245. The highest BCUT2D eigenvalue weighted by molar-refractivity contribution is 6.31. The number of hydrogen-bond acceptors (Lipinski definition) is 5. The molecule has 4 aromatic rings. The van der Waals surface area contributed by atoms with Crippen molar-refractivity contribution in [2.45, 2.75) is 45.3 Å². The molecule has 5 rings (SSSR count). The van der Waals surface area contributed by atoms with Crippen LogP contribution in [0.3, 0.4) is 0 Å². The van der Waals surface area contributed by atoms with Gasteiger partial charge in [0.25, 0.3) is 5.56 Å². The third kappa shape index (κ3) is 6.39. The average Bonchev–Trinajstić information content (AvgIpc) is 2.92. The van der Waals surface area contributed by atoms with Crippen LogP contribution in [0.2, 0.25) is 5.15 Å². The van der Waals surface area contributed by atoms with Crippen molar-refractivity contribution in [3.05, 3.63) is 93.4 Å². The Hall–Kier alpha value is -3.19. The molecule has 0 spiro atoms. The molecule has 1 aliphatic rings. The fourth-order valence-corrected chi connectivity index (χ4v) is 5.18. The van der Waals surface area contributed by atoms with Gasteiger partial charge < -0.3 is 15.6 Å². The lowest BCUT2D eigenvalue weighted by molar-refractivity contribution is 0.211. The molecule has 1 saturated heterocycles. The van der Waals surface area contributed by atoms with Gasteiger partial charge in [0.2, 0.25) is 0 Å². The molecule has 0 aliphatic carbocycles. The molecule has 0 unspecified atom stereocenters. The van der Waals surface area contributed by atoms with Crippen LogP contribution in [0.25, 0.3) is 22.0 Å². The van der Waals surface area contributed by atoms with Crippen molar-refractivity contribution in [3.63, 3.8) is 0 Å². The van der Waals surface area contributed by atoms with Crippen molar-refractivity contribution in [3.8, 4) is 11.3 Å². The van der Waals surface area contributed by atoms with E-state index in [1.165, 1.54) is 21.9 Å². The molecule has 0 bridgehead atoms. The Morgan fingerprint density at radius 2 is 1.73 bits per heavy atom. The number of anilines is 1. The topological polar surface area (TPSA) is 73.1 Å². The summed E-state index contributed by atoms with van der Waals surface area (Å²) in [6.07, 6.45) is 2.99. The van der Waals surface area contributed by atoms with Gasteiger partial charge in [-0.2, -0.15) is 0 Å². The first-order chi connectivity index (χ1) is 18.1. The highest BCUT2D eigenvalue weighted by Crippen LogP contribution is 2.25. The number of nitrogens with one attached hydrogen (secondary N) is 3. The van der Waals surface area contributed by atoms with Crippen LogP contribution in [0.1, 0.15) is 37.3 Å². The van der Waals surface area contributed by atoms with E-state index in [0.717, 1.165) is 57.5 Å². The Kier molecular flexibility index (Phi) is 8.19. The van der Waals surface area contributed by atoms with Gasteiger partial charge >= 0.3 is 0 Å². The van der Waals surface area contributed by atoms with E-state index in [1.54, 1.807) is 0 Å². The third-order valence-corrected chi connectivity index (χ3v) is 7.29. The van der Waals surface area contributed by atoms with Gasteiger partial charge in [0.15, 0.2) is 11.0 Å². The summed E-state index contributed by atoms with van der Waals surface area (Å²) in [5.74, 6) is 0.294. The number of piperidine rings is 1. The van der Waals surface area contributed by atoms with Crippen LogP contribution >= 0.6 is 11.6 Å². The average molecular weight is 516 g/mol. The van der Waals surface area contributed by atoms with Crippen molar-refractivity contribution in [1.29, 1.82) is 0 Å². The maximum Gasteiger partial charge on any atom is 0.291 e. The minimum Gasteiger partial charge on any atom is -0.363 e. The number of H-pyrrole nitrogens is 1. The fourth-order valence-electron chi connectivity index (χ4n) is 4.94. The predicted molar refractivity (Wildman–Crippen MR) is 153 cm³/mol. The molecule has 2 heterocycles. The Bertz CT molecular complexity index is 1390. The van der Waals surface area contributed by atoms with E-state index in [0.29, 0.717) is 16.7 Å². The molecule has 0 saturated carbocycles. The first-order valence-corrected chi connectivity index (χ1v) is 13.5. The molecule has 0 atom stereocenters. The molecule has 0 amide bonds. The van der Waals surface area contributed by atoms with Crippen LogP contribution in [0.15, 0.2) is 71.5 Å². The highest BCUT2D eigenvalue weighted by Gasteiger charge is 2.21. The lowest BCUT2D eigenvalue weighted by Gasteiger charge is -2.32. The summed E-state index contributed by atoms with van der Waals surface area (Å²) in [4.78, 5) is 22.7. The molecule has 7 heteroatoms. The van der Waals surface area contributed by atoms with Crippen molar-refractivity contribution < 1.29 is 0 Å². The zero-order chi connectivity index (χ0) is 25.6. The number of likely N-dealkylation sites (tertiary alicyclic amines) is 1. The Morgan fingerprint density at radius 1 is 1.00 bits per heavy atom. The number of aromatic nitrogens is 2. The summed E-state index contributed by atoms with van der Waals surface area (Å²) in [6.45, 7) is 6.82. The van der Waals surface area contributed by atoms with E-state index in [4.69, 9.17) is 11.6 Å². The number of aromatic amines is 1. The predicted octanol–water partition coefficient (Wildman–Crippen LogP) is 5.82. The van der Waals surface area contributed by atoms with Crippen LogP contribution in [-0.4, -0.2) is 40.5 Å². The Balaban J connectivity index is 1.17. The minimum atomic E-state index is -0.244. The molecule has 6 nitrogen and oxygen atoms in total. The number of nitrogens with zero attached hydrogens (tertiary/aromatic N) is 2. The summed E-state index contributed by atoms with van der Waals surface area (Å²) in [5, 5.41) is 9.58. The van der Waals surface area contributed by atoms with E-state index in [-0.39, 0.29) is 11.6 Å². The lowest BCUT2D eigenvalue weighted by Crippen LogP contribution is -2.39. The van der Waals surface area contributed by atoms with E-state index in [2.05, 4.69) is 74.9 Å². The molecule has 3 N–H and O–H groups in total. The smallest absolute Gasteiger partial charge is 0.291 e. The number of fused-ring (bicyclic) bond motifs is 1. The highest BCUT2D eigenvalue weighted by atomic mass is 35.5. The summed E-state index contributed by atoms with van der Waals surface area (Å²) in [6, 6.07) is 23.4. The van der Waals surface area contributed by atoms with Gasteiger partial charge in [-0.15, -0.1) is 0 Å². The first-order valence-electron chi connectivity index (χ1n) is 13.2. The van der Waals surface area contributed by atoms with E-state index in [1.807, 2.05) is 24.3 Å². The number of hydrogen-bond donors (Lipinski definition) is 3. The molecule has 1 fully saturated rings. The minimum absolute atomic E-state index is 0.193. The van der Waals surface area contributed by atoms with E-state index < -0.39 is 0 Å². The van der Waals surface area contributed by atoms with Gasteiger partial charge in [0, 0.05) is 37.8 Å². The third-order valence-electron chi connectivity index (χ3n) is 7.02. The lowest BCUT2D eigenvalue weighted by atomic mass is 10.0. The fraction of sp³-hybridized carbons (Fsp3) is 0.333.